The Labute approximate surface area is 341 Å². The zero-order chi connectivity index (χ0) is 39.3. The lowest BCUT2D eigenvalue weighted by Crippen LogP contribution is -2.33. The molecule has 0 aliphatic heterocycles. The van der Waals surface area contributed by atoms with E-state index in [1.807, 2.05) is 11.3 Å². The highest BCUT2D eigenvalue weighted by Crippen LogP contribution is 2.48. The standard InChI is InChI=1S/C54H50N2S/c1-52(2,3)36-30-35(31-40(32-36)55(37-16-9-8-10-17-37)39-24-26-43-42-18-12-14-23-49(42)57-50(43)34-39)41-20-15-22-48-51(41)44-19-11-13-21-47(44)56(48)38-25-27-45-46(33-38)54(6,7)29-28-53(45,4)5/h8-27,30-34H,28-29H2,1-7H3. The van der Waals surface area contributed by atoms with Crippen LogP contribution in [0.25, 0.3) is 58.8 Å². The second-order valence-electron chi connectivity index (χ2n) is 18.5. The van der Waals surface area contributed by atoms with Crippen molar-refractivity contribution in [1.82, 2.24) is 4.57 Å². The van der Waals surface area contributed by atoms with E-state index in [2.05, 4.69) is 210 Å². The first-order chi connectivity index (χ1) is 27.4. The second-order valence-corrected chi connectivity index (χ2v) is 19.6. The molecular weight excluding hydrogens is 709 g/mol. The van der Waals surface area contributed by atoms with Crippen molar-refractivity contribution in [3.8, 4) is 16.8 Å². The predicted octanol–water partition coefficient (Wildman–Crippen LogP) is 15.9. The van der Waals surface area contributed by atoms with Crippen molar-refractivity contribution in [3.63, 3.8) is 0 Å². The van der Waals surface area contributed by atoms with Crippen molar-refractivity contribution >= 4 is 70.4 Å². The molecule has 1 aliphatic carbocycles. The highest BCUT2D eigenvalue weighted by Gasteiger charge is 2.37. The molecule has 9 aromatic rings. The first kappa shape index (κ1) is 35.8. The number of rotatable bonds is 5. The fraction of sp³-hybridized carbons (Fsp3) is 0.222. The summed E-state index contributed by atoms with van der Waals surface area (Å²) in [5, 5.41) is 5.20. The van der Waals surface area contributed by atoms with Crippen LogP contribution in [0.2, 0.25) is 0 Å². The van der Waals surface area contributed by atoms with E-state index in [1.54, 1.807) is 0 Å². The minimum atomic E-state index is -0.0752. The molecule has 0 N–H and O–H groups in total. The molecule has 2 heterocycles. The van der Waals surface area contributed by atoms with Crippen molar-refractivity contribution in [3.05, 3.63) is 168 Å². The molecule has 2 aromatic heterocycles. The molecule has 0 fully saturated rings. The Bertz CT molecular complexity index is 3000. The van der Waals surface area contributed by atoms with Gasteiger partial charge in [0.1, 0.15) is 0 Å². The number of anilines is 3. The maximum atomic E-state index is 2.51. The molecular formula is C54H50N2S. The molecule has 0 atom stereocenters. The highest BCUT2D eigenvalue weighted by atomic mass is 32.1. The maximum absolute atomic E-state index is 2.51. The van der Waals surface area contributed by atoms with Gasteiger partial charge in [0.2, 0.25) is 0 Å². The van der Waals surface area contributed by atoms with Gasteiger partial charge in [-0.1, -0.05) is 133 Å². The third-order valence-corrected chi connectivity index (χ3v) is 13.9. The number of benzene rings is 7. The Morgan fingerprint density at radius 1 is 0.526 bits per heavy atom. The number of fused-ring (bicyclic) bond motifs is 7. The number of para-hydroxylation sites is 2. The van der Waals surface area contributed by atoms with Gasteiger partial charge in [-0.2, -0.15) is 0 Å². The third-order valence-electron chi connectivity index (χ3n) is 12.8. The summed E-state index contributed by atoms with van der Waals surface area (Å²) < 4.78 is 5.13. The van der Waals surface area contributed by atoms with Crippen LogP contribution >= 0.6 is 11.3 Å². The van der Waals surface area contributed by atoms with E-state index in [0.29, 0.717) is 0 Å². The van der Waals surface area contributed by atoms with Crippen LogP contribution in [-0.2, 0) is 16.2 Å². The molecule has 3 heteroatoms. The molecule has 0 bridgehead atoms. The lowest BCUT2D eigenvalue weighted by molar-refractivity contribution is 0.332. The number of nitrogens with zero attached hydrogens (tertiary/aromatic N) is 2. The molecule has 282 valence electrons. The third kappa shape index (κ3) is 5.89. The molecule has 0 saturated heterocycles. The van der Waals surface area contributed by atoms with E-state index in [1.165, 1.54) is 88.3 Å². The van der Waals surface area contributed by atoms with Crippen LogP contribution in [0.15, 0.2) is 152 Å². The summed E-state index contributed by atoms with van der Waals surface area (Å²) >= 11 is 1.87. The molecule has 1 aliphatic rings. The summed E-state index contributed by atoms with van der Waals surface area (Å²) in [5.74, 6) is 0. The van der Waals surface area contributed by atoms with Crippen molar-refractivity contribution in [2.75, 3.05) is 4.90 Å². The van der Waals surface area contributed by atoms with Gasteiger partial charge in [0.25, 0.3) is 0 Å². The minimum absolute atomic E-state index is 0.0752. The van der Waals surface area contributed by atoms with E-state index in [0.717, 1.165) is 17.1 Å². The van der Waals surface area contributed by atoms with Crippen LogP contribution in [-0.4, -0.2) is 4.57 Å². The average molecular weight is 759 g/mol. The van der Waals surface area contributed by atoms with Gasteiger partial charge < -0.3 is 9.47 Å². The number of hydrogen-bond donors (Lipinski definition) is 0. The summed E-state index contributed by atoms with van der Waals surface area (Å²) in [7, 11) is 0. The van der Waals surface area contributed by atoms with Crippen molar-refractivity contribution < 1.29 is 0 Å². The maximum Gasteiger partial charge on any atom is 0.0547 e. The Hall–Kier alpha value is -5.64. The summed E-state index contributed by atoms with van der Waals surface area (Å²) in [5.41, 5.74) is 14.1. The lowest BCUT2D eigenvalue weighted by atomic mass is 9.63. The molecule has 0 saturated carbocycles. The summed E-state index contributed by atoms with van der Waals surface area (Å²) in [6.45, 7) is 16.7. The van der Waals surface area contributed by atoms with Gasteiger partial charge in [-0.05, 0) is 124 Å². The normalized spacial score (nSPS) is 15.1. The van der Waals surface area contributed by atoms with E-state index < -0.39 is 0 Å². The summed E-state index contributed by atoms with van der Waals surface area (Å²) in [6, 6.07) is 57.1. The topological polar surface area (TPSA) is 8.17 Å². The molecule has 7 aromatic carbocycles. The minimum Gasteiger partial charge on any atom is -0.310 e. The number of thiophene rings is 1. The molecule has 0 spiro atoms. The molecule has 0 amide bonds. The van der Waals surface area contributed by atoms with Gasteiger partial charge in [0, 0.05) is 53.7 Å². The first-order valence-electron chi connectivity index (χ1n) is 20.5. The lowest BCUT2D eigenvalue weighted by Gasteiger charge is -2.42. The van der Waals surface area contributed by atoms with Gasteiger partial charge in [0.05, 0.1) is 11.0 Å². The second kappa shape index (κ2) is 12.9. The van der Waals surface area contributed by atoms with E-state index in [9.17, 15) is 0 Å². The molecule has 0 radical (unpaired) electrons. The van der Waals surface area contributed by atoms with E-state index >= 15 is 0 Å². The zero-order valence-corrected chi connectivity index (χ0v) is 35.0. The van der Waals surface area contributed by atoms with Gasteiger partial charge in [0.15, 0.2) is 0 Å². The van der Waals surface area contributed by atoms with Crippen LogP contribution < -0.4 is 4.90 Å². The van der Waals surface area contributed by atoms with Crippen LogP contribution in [0.5, 0.6) is 0 Å². The van der Waals surface area contributed by atoms with Crippen LogP contribution in [0.4, 0.5) is 17.1 Å². The molecule has 57 heavy (non-hydrogen) atoms. The Balaban J connectivity index is 1.20. The van der Waals surface area contributed by atoms with Crippen LogP contribution in [0.1, 0.15) is 78.0 Å². The first-order valence-corrected chi connectivity index (χ1v) is 21.3. The van der Waals surface area contributed by atoms with Crippen molar-refractivity contribution in [2.24, 2.45) is 0 Å². The Morgan fingerprint density at radius 3 is 2.00 bits per heavy atom. The molecule has 10 rings (SSSR count). The predicted molar refractivity (Wildman–Crippen MR) is 248 cm³/mol. The van der Waals surface area contributed by atoms with Crippen molar-refractivity contribution in [1.29, 1.82) is 0 Å². The fourth-order valence-electron chi connectivity index (χ4n) is 9.46. The summed E-state index contributed by atoms with van der Waals surface area (Å²) in [4.78, 5) is 2.45. The largest absolute Gasteiger partial charge is 0.310 e. The van der Waals surface area contributed by atoms with Crippen LogP contribution in [0.3, 0.4) is 0 Å². The van der Waals surface area contributed by atoms with Crippen LogP contribution in [0, 0.1) is 0 Å². The summed E-state index contributed by atoms with van der Waals surface area (Å²) in [6.07, 6.45) is 2.40. The number of aromatic nitrogens is 1. The fourth-order valence-corrected chi connectivity index (χ4v) is 10.6. The Morgan fingerprint density at radius 2 is 1.21 bits per heavy atom. The van der Waals surface area contributed by atoms with E-state index in [4.69, 9.17) is 0 Å². The number of hydrogen-bond acceptors (Lipinski definition) is 2. The quantitative estimate of drug-likeness (QED) is 0.170. The highest BCUT2D eigenvalue weighted by molar-refractivity contribution is 7.25. The average Bonchev–Trinajstić information content (AvgIpc) is 3.75. The van der Waals surface area contributed by atoms with Gasteiger partial charge >= 0.3 is 0 Å². The molecule has 2 nitrogen and oxygen atoms in total. The van der Waals surface area contributed by atoms with Gasteiger partial charge in [-0.3, -0.25) is 0 Å². The van der Waals surface area contributed by atoms with Crippen molar-refractivity contribution in [2.45, 2.75) is 77.6 Å². The monoisotopic (exact) mass is 758 g/mol. The zero-order valence-electron chi connectivity index (χ0n) is 34.2. The van der Waals surface area contributed by atoms with Gasteiger partial charge in [-0.15, -0.1) is 11.3 Å². The molecule has 0 unspecified atom stereocenters. The van der Waals surface area contributed by atoms with E-state index in [-0.39, 0.29) is 16.2 Å². The smallest absolute Gasteiger partial charge is 0.0547 e. The SMILES string of the molecule is CC(C)(C)c1cc(-c2cccc3c2c2ccccc2n3-c2ccc3c(c2)C(C)(C)CCC3(C)C)cc(N(c2ccccc2)c2ccc3c(c2)sc2ccccc23)c1. The van der Waals surface area contributed by atoms with Gasteiger partial charge in [-0.25, -0.2) is 0 Å². The Kier molecular flexibility index (Phi) is 8.12.